The number of rotatable bonds is 3. The van der Waals surface area contributed by atoms with Crippen LogP contribution in [0.1, 0.15) is 79.1 Å². The second-order valence-corrected chi connectivity index (χ2v) is 8.85. The third-order valence-electron chi connectivity index (χ3n) is 5.29. The van der Waals surface area contributed by atoms with Gasteiger partial charge in [0.1, 0.15) is 5.60 Å². The van der Waals surface area contributed by atoms with Gasteiger partial charge in [-0.1, -0.05) is 32.6 Å². The Labute approximate surface area is 142 Å². The fraction of sp³-hybridized carbons (Fsp3) is 0.947. The zero-order valence-electron chi connectivity index (χ0n) is 15.6. The molecule has 1 N–H and O–H groups in total. The van der Waals surface area contributed by atoms with Crippen molar-refractivity contribution in [3.8, 4) is 0 Å². The standard InChI is InChI=1S/C19H36N2O2/c1-18(2,3)23-17(22)21-13-11-19(4,12-14-21)15-20-16-9-7-5-6-8-10-16/h16,20H,5-15H2,1-4H3. The first-order valence-corrected chi connectivity index (χ1v) is 9.49. The lowest BCUT2D eigenvalue weighted by Gasteiger charge is -2.40. The molecular formula is C19H36N2O2. The van der Waals surface area contributed by atoms with E-state index >= 15 is 0 Å². The topological polar surface area (TPSA) is 41.6 Å². The predicted molar refractivity (Wildman–Crippen MR) is 94.6 cm³/mol. The molecule has 0 atom stereocenters. The number of nitrogens with zero attached hydrogens (tertiary/aromatic N) is 1. The van der Waals surface area contributed by atoms with Crippen LogP contribution in [0.5, 0.6) is 0 Å². The number of nitrogens with one attached hydrogen (secondary N) is 1. The van der Waals surface area contributed by atoms with Gasteiger partial charge in [-0.3, -0.25) is 0 Å². The first-order valence-electron chi connectivity index (χ1n) is 9.49. The highest BCUT2D eigenvalue weighted by Crippen LogP contribution is 2.31. The van der Waals surface area contributed by atoms with Gasteiger partial charge in [0, 0.05) is 25.7 Å². The van der Waals surface area contributed by atoms with E-state index in [-0.39, 0.29) is 6.09 Å². The summed E-state index contributed by atoms with van der Waals surface area (Å²) in [5.41, 5.74) is -0.0936. The first kappa shape index (κ1) is 18.6. The monoisotopic (exact) mass is 324 g/mol. The summed E-state index contributed by atoms with van der Waals surface area (Å²) in [4.78, 5) is 14.0. The van der Waals surface area contributed by atoms with E-state index in [1.165, 1.54) is 38.5 Å². The SMILES string of the molecule is CC1(CNC2CCCCCC2)CCN(C(=O)OC(C)(C)C)CC1. The zero-order valence-corrected chi connectivity index (χ0v) is 15.6. The van der Waals surface area contributed by atoms with Crippen molar-refractivity contribution in [1.82, 2.24) is 10.2 Å². The number of amides is 1. The van der Waals surface area contributed by atoms with Crippen LogP contribution < -0.4 is 5.32 Å². The number of carbonyl (C=O) groups is 1. The lowest BCUT2D eigenvalue weighted by molar-refractivity contribution is 0.0117. The lowest BCUT2D eigenvalue weighted by atomic mass is 9.80. The van der Waals surface area contributed by atoms with E-state index in [0.29, 0.717) is 11.5 Å². The summed E-state index contributed by atoms with van der Waals surface area (Å²) in [5, 5.41) is 3.82. The molecule has 1 aliphatic carbocycles. The Bertz CT molecular complexity index is 373. The molecular weight excluding hydrogens is 288 g/mol. The van der Waals surface area contributed by atoms with E-state index in [9.17, 15) is 4.79 Å². The van der Waals surface area contributed by atoms with Crippen LogP contribution in [0.2, 0.25) is 0 Å². The predicted octanol–water partition coefficient (Wildman–Crippen LogP) is 4.34. The van der Waals surface area contributed by atoms with Crippen LogP contribution in [-0.4, -0.2) is 42.3 Å². The zero-order chi connectivity index (χ0) is 16.9. The molecule has 1 saturated carbocycles. The summed E-state index contributed by atoms with van der Waals surface area (Å²) in [6.07, 6.45) is 10.2. The Hall–Kier alpha value is -0.770. The Morgan fingerprint density at radius 1 is 1.13 bits per heavy atom. The maximum absolute atomic E-state index is 12.2. The van der Waals surface area contributed by atoms with Gasteiger partial charge in [0.05, 0.1) is 0 Å². The molecule has 2 rings (SSSR count). The number of carbonyl (C=O) groups excluding carboxylic acids is 1. The van der Waals surface area contributed by atoms with Gasteiger partial charge in [0.25, 0.3) is 0 Å². The summed E-state index contributed by atoms with van der Waals surface area (Å²) in [7, 11) is 0. The van der Waals surface area contributed by atoms with Crippen LogP contribution in [0.25, 0.3) is 0 Å². The minimum absolute atomic E-state index is 0.156. The Balaban J connectivity index is 1.74. The molecule has 1 amide bonds. The lowest BCUT2D eigenvalue weighted by Crippen LogP contribution is -2.48. The van der Waals surface area contributed by atoms with E-state index in [2.05, 4.69) is 12.2 Å². The molecule has 0 radical (unpaired) electrons. The molecule has 4 nitrogen and oxygen atoms in total. The molecule has 134 valence electrons. The average molecular weight is 325 g/mol. The van der Waals surface area contributed by atoms with Gasteiger partial charge in [-0.25, -0.2) is 4.79 Å². The van der Waals surface area contributed by atoms with Crippen molar-refractivity contribution in [2.24, 2.45) is 5.41 Å². The van der Waals surface area contributed by atoms with Crippen molar-refractivity contribution in [3.05, 3.63) is 0 Å². The molecule has 2 fully saturated rings. The Morgan fingerprint density at radius 2 is 1.70 bits per heavy atom. The van der Waals surface area contributed by atoms with Crippen molar-refractivity contribution in [2.45, 2.75) is 90.7 Å². The molecule has 0 spiro atoms. The normalized spacial score (nSPS) is 23.4. The van der Waals surface area contributed by atoms with Crippen molar-refractivity contribution in [1.29, 1.82) is 0 Å². The molecule has 0 bridgehead atoms. The average Bonchev–Trinajstić information content (AvgIpc) is 2.73. The van der Waals surface area contributed by atoms with Gasteiger partial charge >= 0.3 is 6.09 Å². The number of ether oxygens (including phenoxy) is 1. The number of hydrogen-bond acceptors (Lipinski definition) is 3. The summed E-state index contributed by atoms with van der Waals surface area (Å²) >= 11 is 0. The van der Waals surface area contributed by atoms with E-state index in [1.807, 2.05) is 25.7 Å². The summed E-state index contributed by atoms with van der Waals surface area (Å²) < 4.78 is 5.49. The van der Waals surface area contributed by atoms with Gasteiger partial charge in [-0.2, -0.15) is 0 Å². The van der Waals surface area contributed by atoms with Gasteiger partial charge in [0.2, 0.25) is 0 Å². The quantitative estimate of drug-likeness (QED) is 0.785. The molecule has 4 heteroatoms. The summed E-state index contributed by atoms with van der Waals surface area (Å²) in [6.45, 7) is 10.9. The number of hydrogen-bond donors (Lipinski definition) is 1. The molecule has 1 saturated heterocycles. The van der Waals surface area contributed by atoms with Crippen molar-refractivity contribution >= 4 is 6.09 Å². The molecule has 0 aromatic rings. The minimum Gasteiger partial charge on any atom is -0.444 e. The van der Waals surface area contributed by atoms with Gasteiger partial charge in [-0.05, 0) is 51.9 Å². The van der Waals surface area contributed by atoms with Crippen molar-refractivity contribution in [2.75, 3.05) is 19.6 Å². The highest BCUT2D eigenvalue weighted by atomic mass is 16.6. The largest absolute Gasteiger partial charge is 0.444 e. The van der Waals surface area contributed by atoms with Gasteiger partial charge in [-0.15, -0.1) is 0 Å². The summed E-state index contributed by atoms with van der Waals surface area (Å²) in [5.74, 6) is 0. The number of piperidine rings is 1. The maximum atomic E-state index is 12.2. The number of likely N-dealkylation sites (tertiary alicyclic amines) is 1. The highest BCUT2D eigenvalue weighted by Gasteiger charge is 2.33. The maximum Gasteiger partial charge on any atom is 0.410 e. The third-order valence-corrected chi connectivity index (χ3v) is 5.29. The molecule has 0 aromatic carbocycles. The molecule has 1 aliphatic heterocycles. The molecule has 0 unspecified atom stereocenters. The van der Waals surface area contributed by atoms with Gasteiger partial charge < -0.3 is 15.0 Å². The smallest absolute Gasteiger partial charge is 0.410 e. The van der Waals surface area contributed by atoms with Crippen LogP contribution in [0.3, 0.4) is 0 Å². The Kier molecular flexibility index (Phi) is 6.35. The van der Waals surface area contributed by atoms with Crippen LogP contribution >= 0.6 is 0 Å². The fourth-order valence-electron chi connectivity index (χ4n) is 3.61. The second kappa shape index (κ2) is 7.87. The Morgan fingerprint density at radius 3 is 2.22 bits per heavy atom. The minimum atomic E-state index is -0.404. The van der Waals surface area contributed by atoms with Crippen LogP contribution in [0.15, 0.2) is 0 Å². The molecule has 1 heterocycles. The second-order valence-electron chi connectivity index (χ2n) is 8.85. The van der Waals surface area contributed by atoms with Crippen LogP contribution in [0, 0.1) is 5.41 Å². The van der Waals surface area contributed by atoms with Gasteiger partial charge in [0.15, 0.2) is 0 Å². The van der Waals surface area contributed by atoms with E-state index < -0.39 is 5.60 Å². The van der Waals surface area contributed by atoms with Crippen molar-refractivity contribution < 1.29 is 9.53 Å². The van der Waals surface area contributed by atoms with E-state index in [4.69, 9.17) is 4.74 Å². The van der Waals surface area contributed by atoms with E-state index in [0.717, 1.165) is 32.5 Å². The van der Waals surface area contributed by atoms with Crippen LogP contribution in [0.4, 0.5) is 4.79 Å². The van der Waals surface area contributed by atoms with Crippen LogP contribution in [-0.2, 0) is 4.74 Å². The highest BCUT2D eigenvalue weighted by molar-refractivity contribution is 5.68. The molecule has 0 aromatic heterocycles. The third kappa shape index (κ3) is 6.33. The van der Waals surface area contributed by atoms with Crippen molar-refractivity contribution in [3.63, 3.8) is 0 Å². The molecule has 23 heavy (non-hydrogen) atoms. The molecule has 2 aliphatic rings. The summed E-state index contributed by atoms with van der Waals surface area (Å²) in [6, 6.07) is 0.707. The fourth-order valence-corrected chi connectivity index (χ4v) is 3.61. The van der Waals surface area contributed by atoms with E-state index in [1.54, 1.807) is 0 Å². The first-order chi connectivity index (χ1) is 10.8.